The molecule has 0 saturated carbocycles. The summed E-state index contributed by atoms with van der Waals surface area (Å²) in [4.78, 5) is 10.8. The van der Waals surface area contributed by atoms with Crippen LogP contribution in [0.1, 0.15) is 12.8 Å². The van der Waals surface area contributed by atoms with Crippen molar-refractivity contribution >= 4 is 30.2 Å². The molecule has 0 aromatic carbocycles. The summed E-state index contributed by atoms with van der Waals surface area (Å²) in [6.45, 7) is 0. The minimum atomic E-state index is -0.314. The molecular formula is C11H12ClN3O. The molecule has 0 aromatic rings. The van der Waals surface area contributed by atoms with Gasteiger partial charge in [0.15, 0.2) is 0 Å². The molecule has 0 spiro atoms. The Kier molecular flexibility index (Phi) is 4.19. The number of carbonyl (C=O) groups excluding carboxylic acids is 1. The third kappa shape index (κ3) is 2.90. The monoisotopic (exact) mass is 237 g/mol. The first-order valence-corrected chi connectivity index (χ1v) is 4.70. The molecule has 1 amide bonds. The van der Waals surface area contributed by atoms with Gasteiger partial charge in [-0.3, -0.25) is 4.79 Å². The molecule has 2 rings (SSSR count). The van der Waals surface area contributed by atoms with Gasteiger partial charge in [0, 0.05) is 19.1 Å². The van der Waals surface area contributed by atoms with Gasteiger partial charge in [-0.25, -0.2) is 0 Å². The molecule has 4 nitrogen and oxygen atoms in total. The summed E-state index contributed by atoms with van der Waals surface area (Å²) in [6, 6.07) is 0. The fourth-order valence-corrected chi connectivity index (χ4v) is 1.56. The molecule has 1 aliphatic carbocycles. The SMILES string of the molecule is Cl.NC(=O)CC1=CC=C2C=CC=NN=C2C1. The minimum absolute atomic E-state index is 0. The first-order chi connectivity index (χ1) is 7.25. The molecule has 0 saturated heterocycles. The van der Waals surface area contributed by atoms with Gasteiger partial charge in [-0.15, -0.1) is 12.4 Å². The van der Waals surface area contributed by atoms with Crippen LogP contribution in [-0.4, -0.2) is 17.8 Å². The molecule has 0 fully saturated rings. The quantitative estimate of drug-likeness (QED) is 0.778. The van der Waals surface area contributed by atoms with Crippen molar-refractivity contribution in [1.82, 2.24) is 0 Å². The molecule has 0 unspecified atom stereocenters. The first kappa shape index (κ1) is 12.4. The van der Waals surface area contributed by atoms with E-state index in [0.717, 1.165) is 16.9 Å². The summed E-state index contributed by atoms with van der Waals surface area (Å²) in [7, 11) is 0. The highest BCUT2D eigenvalue weighted by Gasteiger charge is 2.14. The smallest absolute Gasteiger partial charge is 0.221 e. The van der Waals surface area contributed by atoms with Crippen LogP contribution < -0.4 is 5.73 Å². The van der Waals surface area contributed by atoms with E-state index in [1.165, 1.54) is 0 Å². The number of fused-ring (bicyclic) bond motifs is 1. The average molecular weight is 238 g/mol. The number of nitrogens with zero attached hydrogens (tertiary/aromatic N) is 2. The van der Waals surface area contributed by atoms with Crippen LogP contribution in [0.15, 0.2) is 45.7 Å². The van der Waals surface area contributed by atoms with Crippen molar-refractivity contribution in [2.45, 2.75) is 12.8 Å². The number of carbonyl (C=O) groups is 1. The number of nitrogens with two attached hydrogens (primary N) is 1. The molecule has 1 aliphatic heterocycles. The summed E-state index contributed by atoms with van der Waals surface area (Å²) in [5.74, 6) is -0.314. The lowest BCUT2D eigenvalue weighted by Gasteiger charge is -2.12. The van der Waals surface area contributed by atoms with Gasteiger partial charge < -0.3 is 5.73 Å². The molecule has 0 radical (unpaired) electrons. The van der Waals surface area contributed by atoms with Crippen molar-refractivity contribution < 1.29 is 4.79 Å². The van der Waals surface area contributed by atoms with Crippen molar-refractivity contribution in [2.24, 2.45) is 15.9 Å². The van der Waals surface area contributed by atoms with Gasteiger partial charge in [0.2, 0.25) is 5.91 Å². The van der Waals surface area contributed by atoms with Crippen LogP contribution in [0.2, 0.25) is 0 Å². The van der Waals surface area contributed by atoms with Gasteiger partial charge in [0.25, 0.3) is 0 Å². The predicted molar refractivity (Wildman–Crippen MR) is 66.9 cm³/mol. The fourth-order valence-electron chi connectivity index (χ4n) is 1.56. The Bertz CT molecular complexity index is 444. The number of hydrogen-bond acceptors (Lipinski definition) is 3. The second-order valence-electron chi connectivity index (χ2n) is 3.44. The second kappa shape index (κ2) is 5.42. The molecule has 5 heteroatoms. The Labute approximate surface area is 99.7 Å². The summed E-state index contributed by atoms with van der Waals surface area (Å²) < 4.78 is 0. The van der Waals surface area contributed by atoms with Gasteiger partial charge in [-0.1, -0.05) is 23.8 Å². The Hall–Kier alpha value is -1.68. The zero-order valence-corrected chi connectivity index (χ0v) is 9.41. The number of rotatable bonds is 2. The van der Waals surface area contributed by atoms with E-state index in [0.29, 0.717) is 6.42 Å². The summed E-state index contributed by atoms with van der Waals surface area (Å²) in [6.07, 6.45) is 10.2. The Morgan fingerprint density at radius 2 is 2.25 bits per heavy atom. The lowest BCUT2D eigenvalue weighted by molar-refractivity contribution is -0.117. The van der Waals surface area contributed by atoms with Crippen LogP contribution in [0, 0.1) is 0 Å². The zero-order valence-electron chi connectivity index (χ0n) is 8.59. The molecule has 1 heterocycles. The van der Waals surface area contributed by atoms with E-state index in [-0.39, 0.29) is 24.7 Å². The Morgan fingerprint density at radius 1 is 1.44 bits per heavy atom. The normalized spacial score (nSPS) is 17.4. The van der Waals surface area contributed by atoms with E-state index in [1.807, 2.05) is 24.3 Å². The highest BCUT2D eigenvalue weighted by molar-refractivity contribution is 6.06. The van der Waals surface area contributed by atoms with Crippen molar-refractivity contribution in [3.05, 3.63) is 35.5 Å². The highest BCUT2D eigenvalue weighted by atomic mass is 35.5. The average Bonchev–Trinajstić information content (AvgIpc) is 2.41. The standard InChI is InChI=1S/C11H11N3O.ClH/c12-11(15)7-8-3-4-9-2-1-5-13-14-10(9)6-8;/h1-5H,6-7H2,(H2,12,15);1H. The van der Waals surface area contributed by atoms with Gasteiger partial charge in [0.05, 0.1) is 5.71 Å². The maximum absolute atomic E-state index is 10.8. The van der Waals surface area contributed by atoms with Crippen molar-refractivity contribution in [3.8, 4) is 0 Å². The molecule has 2 aliphatic rings. The maximum Gasteiger partial charge on any atom is 0.221 e. The zero-order chi connectivity index (χ0) is 10.7. The van der Waals surface area contributed by atoms with Gasteiger partial charge in [-0.05, 0) is 11.6 Å². The molecular weight excluding hydrogens is 226 g/mol. The number of hydrogen-bond donors (Lipinski definition) is 1. The third-order valence-corrected chi connectivity index (χ3v) is 2.23. The van der Waals surface area contributed by atoms with E-state index in [1.54, 1.807) is 6.21 Å². The van der Waals surface area contributed by atoms with Crippen LogP contribution in [-0.2, 0) is 4.79 Å². The predicted octanol–water partition coefficient (Wildman–Crippen LogP) is 1.54. The minimum Gasteiger partial charge on any atom is -0.369 e. The van der Waals surface area contributed by atoms with Crippen LogP contribution in [0.3, 0.4) is 0 Å². The van der Waals surface area contributed by atoms with E-state index < -0.39 is 0 Å². The van der Waals surface area contributed by atoms with Gasteiger partial charge in [-0.2, -0.15) is 10.2 Å². The number of primary amides is 1. The van der Waals surface area contributed by atoms with Crippen LogP contribution in [0.4, 0.5) is 0 Å². The number of allylic oxidation sites excluding steroid dienone is 5. The van der Waals surface area contributed by atoms with E-state index in [4.69, 9.17) is 5.73 Å². The molecule has 0 bridgehead atoms. The summed E-state index contributed by atoms with van der Waals surface area (Å²) in [5, 5.41) is 7.93. The Morgan fingerprint density at radius 3 is 3.00 bits per heavy atom. The van der Waals surface area contributed by atoms with Gasteiger partial charge >= 0.3 is 0 Å². The van der Waals surface area contributed by atoms with E-state index in [2.05, 4.69) is 10.2 Å². The lowest BCUT2D eigenvalue weighted by Crippen LogP contribution is -2.14. The molecule has 84 valence electrons. The van der Waals surface area contributed by atoms with E-state index >= 15 is 0 Å². The molecule has 0 aromatic heterocycles. The van der Waals surface area contributed by atoms with Crippen LogP contribution in [0.5, 0.6) is 0 Å². The Balaban J connectivity index is 0.00000128. The first-order valence-electron chi connectivity index (χ1n) is 4.70. The lowest BCUT2D eigenvalue weighted by atomic mass is 9.94. The summed E-state index contributed by atoms with van der Waals surface area (Å²) >= 11 is 0. The van der Waals surface area contributed by atoms with Crippen molar-refractivity contribution in [1.29, 1.82) is 0 Å². The molecule has 16 heavy (non-hydrogen) atoms. The maximum atomic E-state index is 10.8. The number of amides is 1. The number of halogens is 1. The third-order valence-electron chi connectivity index (χ3n) is 2.23. The molecule has 0 atom stereocenters. The fraction of sp³-hybridized carbons (Fsp3) is 0.182. The highest BCUT2D eigenvalue weighted by Crippen LogP contribution is 2.20. The topological polar surface area (TPSA) is 67.8 Å². The van der Waals surface area contributed by atoms with Crippen LogP contribution in [0.25, 0.3) is 0 Å². The van der Waals surface area contributed by atoms with Crippen molar-refractivity contribution in [2.75, 3.05) is 0 Å². The summed E-state index contributed by atoms with van der Waals surface area (Å²) in [5.41, 5.74) is 8.05. The van der Waals surface area contributed by atoms with Gasteiger partial charge in [0.1, 0.15) is 0 Å². The second-order valence-corrected chi connectivity index (χ2v) is 3.44. The largest absolute Gasteiger partial charge is 0.369 e. The molecule has 2 N–H and O–H groups in total. The van der Waals surface area contributed by atoms with E-state index in [9.17, 15) is 4.79 Å². The van der Waals surface area contributed by atoms with Crippen molar-refractivity contribution in [3.63, 3.8) is 0 Å². The van der Waals surface area contributed by atoms with Crippen LogP contribution >= 0.6 is 12.4 Å².